The van der Waals surface area contributed by atoms with Gasteiger partial charge >= 0.3 is 0 Å². The molecule has 150 valence electrons. The number of sulfonamides is 1. The molecule has 9 heteroatoms. The Kier molecular flexibility index (Phi) is 4.95. The van der Waals surface area contributed by atoms with Crippen LogP contribution >= 0.6 is 0 Å². The van der Waals surface area contributed by atoms with Crippen LogP contribution in [0.3, 0.4) is 0 Å². The van der Waals surface area contributed by atoms with Crippen molar-refractivity contribution < 1.29 is 22.7 Å². The van der Waals surface area contributed by atoms with Crippen LogP contribution in [0, 0.1) is 0 Å². The van der Waals surface area contributed by atoms with Crippen LogP contribution in [0.5, 0.6) is 0 Å². The van der Waals surface area contributed by atoms with Crippen molar-refractivity contribution in [3.63, 3.8) is 0 Å². The van der Waals surface area contributed by atoms with Gasteiger partial charge in [-0.15, -0.1) is 0 Å². The standard InChI is InChI=1S/C20H19N3O5S/c21-29(26,27)18-6-2-5-15-19(18)17(24)12-16(20(15)25)22-13-3-1-4-14(11-13)23-7-9-28-10-8-23/h1-6,11-12,22H,7-10H2,(H2,21,26,27). The molecule has 0 radical (unpaired) electrons. The SMILES string of the molecule is NS(=O)(=O)c1cccc2c1C(=O)C=C(Nc1cccc(N3CCOCC3)c1)C2=O. The first kappa shape index (κ1) is 19.3. The van der Waals surface area contributed by atoms with E-state index in [-0.39, 0.29) is 21.7 Å². The quantitative estimate of drug-likeness (QED) is 0.780. The van der Waals surface area contributed by atoms with Crippen molar-refractivity contribution in [3.05, 3.63) is 65.4 Å². The molecule has 0 saturated carbocycles. The van der Waals surface area contributed by atoms with E-state index in [1.165, 1.54) is 18.2 Å². The molecule has 0 bridgehead atoms. The predicted molar refractivity (Wildman–Crippen MR) is 108 cm³/mol. The molecule has 1 heterocycles. The smallest absolute Gasteiger partial charge is 0.238 e. The second kappa shape index (κ2) is 7.43. The normalized spacial score (nSPS) is 17.0. The Morgan fingerprint density at radius 2 is 1.76 bits per heavy atom. The maximum absolute atomic E-state index is 12.9. The van der Waals surface area contributed by atoms with Gasteiger partial charge in [-0.25, -0.2) is 13.6 Å². The number of nitrogens with two attached hydrogens (primary N) is 1. The molecular formula is C20H19N3O5S. The third-order valence-electron chi connectivity index (χ3n) is 4.85. The van der Waals surface area contributed by atoms with E-state index in [2.05, 4.69) is 10.2 Å². The number of fused-ring (bicyclic) bond motifs is 1. The first-order valence-electron chi connectivity index (χ1n) is 9.01. The minimum Gasteiger partial charge on any atom is -0.378 e. The molecule has 4 rings (SSSR count). The maximum Gasteiger partial charge on any atom is 0.238 e. The Balaban J connectivity index is 1.64. The van der Waals surface area contributed by atoms with Crippen LogP contribution in [0.1, 0.15) is 20.7 Å². The number of nitrogens with zero attached hydrogens (tertiary/aromatic N) is 1. The molecule has 0 unspecified atom stereocenters. The van der Waals surface area contributed by atoms with Crippen molar-refractivity contribution in [1.29, 1.82) is 0 Å². The zero-order chi connectivity index (χ0) is 20.6. The summed E-state index contributed by atoms with van der Waals surface area (Å²) in [4.78, 5) is 27.3. The van der Waals surface area contributed by atoms with Crippen LogP contribution in [0.2, 0.25) is 0 Å². The number of ketones is 2. The number of Topliss-reactive ketones (excluding diaryl/α,β-unsaturated/α-hetero) is 1. The van der Waals surface area contributed by atoms with Crippen LogP contribution in [0.25, 0.3) is 0 Å². The van der Waals surface area contributed by atoms with Crippen molar-refractivity contribution in [2.75, 3.05) is 36.5 Å². The fraction of sp³-hybridized carbons (Fsp3) is 0.200. The summed E-state index contributed by atoms with van der Waals surface area (Å²) in [6.45, 7) is 2.85. The third kappa shape index (κ3) is 3.80. The van der Waals surface area contributed by atoms with E-state index in [1.54, 1.807) is 6.07 Å². The lowest BCUT2D eigenvalue weighted by molar-refractivity contribution is 0.0983. The Bertz CT molecular complexity index is 1130. The molecule has 2 aliphatic rings. The van der Waals surface area contributed by atoms with Gasteiger partial charge in [0.2, 0.25) is 15.8 Å². The lowest BCUT2D eigenvalue weighted by Gasteiger charge is -2.29. The number of nitrogens with one attached hydrogen (secondary N) is 1. The number of anilines is 2. The van der Waals surface area contributed by atoms with Crippen molar-refractivity contribution >= 4 is 33.0 Å². The van der Waals surface area contributed by atoms with E-state index in [4.69, 9.17) is 9.88 Å². The first-order valence-corrected chi connectivity index (χ1v) is 10.6. The van der Waals surface area contributed by atoms with E-state index < -0.39 is 21.6 Å². The number of allylic oxidation sites excluding steroid dienone is 2. The highest BCUT2D eigenvalue weighted by atomic mass is 32.2. The molecule has 0 amide bonds. The Hall–Kier alpha value is -3.01. The highest BCUT2D eigenvalue weighted by molar-refractivity contribution is 7.89. The summed E-state index contributed by atoms with van der Waals surface area (Å²) in [6.07, 6.45) is 1.11. The van der Waals surface area contributed by atoms with E-state index in [9.17, 15) is 18.0 Å². The number of benzene rings is 2. The van der Waals surface area contributed by atoms with Crippen molar-refractivity contribution in [2.24, 2.45) is 5.14 Å². The number of ether oxygens (including phenoxy) is 1. The molecule has 3 N–H and O–H groups in total. The number of carbonyl (C=O) groups is 2. The molecule has 1 aliphatic heterocycles. The van der Waals surface area contributed by atoms with Gasteiger partial charge in [0.05, 0.1) is 29.4 Å². The number of carbonyl (C=O) groups excluding carboxylic acids is 2. The Morgan fingerprint density at radius 1 is 1.03 bits per heavy atom. The fourth-order valence-corrected chi connectivity index (χ4v) is 4.24. The predicted octanol–water partition coefficient (Wildman–Crippen LogP) is 1.55. The van der Waals surface area contributed by atoms with Gasteiger partial charge in [-0.1, -0.05) is 18.2 Å². The highest BCUT2D eigenvalue weighted by Crippen LogP contribution is 2.28. The summed E-state index contributed by atoms with van der Waals surface area (Å²) in [5.74, 6) is -1.06. The molecule has 0 atom stereocenters. The van der Waals surface area contributed by atoms with Gasteiger partial charge in [-0.3, -0.25) is 9.59 Å². The molecular weight excluding hydrogens is 394 g/mol. The lowest BCUT2D eigenvalue weighted by Crippen LogP contribution is -2.36. The van der Waals surface area contributed by atoms with E-state index >= 15 is 0 Å². The average molecular weight is 413 g/mol. The lowest BCUT2D eigenvalue weighted by atomic mass is 9.92. The molecule has 1 saturated heterocycles. The Morgan fingerprint density at radius 3 is 2.48 bits per heavy atom. The molecule has 8 nitrogen and oxygen atoms in total. The summed E-state index contributed by atoms with van der Waals surface area (Å²) in [5, 5.41) is 8.18. The summed E-state index contributed by atoms with van der Waals surface area (Å²) in [6, 6.07) is 11.5. The van der Waals surface area contributed by atoms with Gasteiger partial charge in [0.25, 0.3) is 0 Å². The van der Waals surface area contributed by atoms with E-state index in [1.807, 2.05) is 18.2 Å². The minimum absolute atomic E-state index is 0.0101. The molecule has 1 fully saturated rings. The topological polar surface area (TPSA) is 119 Å². The number of rotatable bonds is 4. The number of hydrogen-bond acceptors (Lipinski definition) is 7. The molecule has 29 heavy (non-hydrogen) atoms. The van der Waals surface area contributed by atoms with Gasteiger partial charge in [0.1, 0.15) is 0 Å². The first-order chi connectivity index (χ1) is 13.8. The summed E-state index contributed by atoms with van der Waals surface area (Å²) in [5.41, 5.74) is 1.52. The Labute approximate surface area is 168 Å². The molecule has 0 aromatic heterocycles. The minimum atomic E-state index is -4.13. The van der Waals surface area contributed by atoms with Gasteiger partial charge < -0.3 is 15.0 Å². The third-order valence-corrected chi connectivity index (χ3v) is 5.80. The molecule has 2 aromatic rings. The van der Waals surface area contributed by atoms with Gasteiger partial charge in [-0.05, 0) is 24.3 Å². The number of morpholine rings is 1. The number of primary sulfonamides is 1. The molecule has 0 spiro atoms. The summed E-state index contributed by atoms with van der Waals surface area (Å²) in [7, 11) is -4.13. The highest BCUT2D eigenvalue weighted by Gasteiger charge is 2.31. The van der Waals surface area contributed by atoms with Crippen LogP contribution in [0.15, 0.2) is 59.1 Å². The molecule has 2 aromatic carbocycles. The van der Waals surface area contributed by atoms with Crippen LogP contribution in [-0.2, 0) is 14.8 Å². The summed E-state index contributed by atoms with van der Waals surface area (Å²) < 4.78 is 28.9. The zero-order valence-electron chi connectivity index (χ0n) is 15.4. The van der Waals surface area contributed by atoms with E-state index in [0.717, 1.165) is 24.9 Å². The monoisotopic (exact) mass is 413 g/mol. The van der Waals surface area contributed by atoms with Crippen LogP contribution < -0.4 is 15.4 Å². The van der Waals surface area contributed by atoms with Crippen molar-refractivity contribution in [2.45, 2.75) is 4.90 Å². The van der Waals surface area contributed by atoms with Crippen LogP contribution in [0.4, 0.5) is 11.4 Å². The van der Waals surface area contributed by atoms with Crippen LogP contribution in [-0.4, -0.2) is 46.3 Å². The summed E-state index contributed by atoms with van der Waals surface area (Å²) >= 11 is 0. The average Bonchev–Trinajstić information content (AvgIpc) is 2.71. The zero-order valence-corrected chi connectivity index (χ0v) is 16.2. The van der Waals surface area contributed by atoms with Gasteiger partial charge in [0, 0.05) is 36.1 Å². The maximum atomic E-state index is 12.9. The van der Waals surface area contributed by atoms with Crippen molar-refractivity contribution in [3.8, 4) is 0 Å². The second-order valence-electron chi connectivity index (χ2n) is 6.75. The molecule has 1 aliphatic carbocycles. The number of hydrogen-bond donors (Lipinski definition) is 2. The van der Waals surface area contributed by atoms with Gasteiger partial charge in [0.15, 0.2) is 5.78 Å². The van der Waals surface area contributed by atoms with Gasteiger partial charge in [-0.2, -0.15) is 0 Å². The van der Waals surface area contributed by atoms with E-state index in [0.29, 0.717) is 18.9 Å². The fourth-order valence-electron chi connectivity index (χ4n) is 3.48. The largest absolute Gasteiger partial charge is 0.378 e. The van der Waals surface area contributed by atoms with Crippen molar-refractivity contribution in [1.82, 2.24) is 0 Å². The second-order valence-corrected chi connectivity index (χ2v) is 8.28.